The number of hydrogen-bond donors (Lipinski definition) is 3. The van der Waals surface area contributed by atoms with Crippen LogP contribution in [0.5, 0.6) is 5.75 Å². The van der Waals surface area contributed by atoms with E-state index in [1.54, 1.807) is 6.82 Å². The van der Waals surface area contributed by atoms with E-state index in [1.165, 1.54) is 6.33 Å². The van der Waals surface area contributed by atoms with Crippen molar-refractivity contribution in [2.45, 2.75) is 63.9 Å². The number of nitrogens with one attached hydrogen (secondary N) is 1. The molecular weight excluding hydrogens is 367 g/mol. The number of benzene rings is 1. The molecule has 0 atom stereocenters. The number of nitrogens with zero attached hydrogens (tertiary/aromatic N) is 2. The van der Waals surface area contributed by atoms with Gasteiger partial charge in [0.1, 0.15) is 17.9 Å². The molecule has 7 nitrogen and oxygen atoms in total. The molecule has 2 aromatic rings. The molecule has 0 spiro atoms. The van der Waals surface area contributed by atoms with Crippen LogP contribution >= 0.6 is 0 Å². The van der Waals surface area contributed by atoms with Gasteiger partial charge in [-0.25, -0.2) is 9.97 Å². The summed E-state index contributed by atoms with van der Waals surface area (Å²) in [5, 5.41) is 12.6. The molecular formula is C21H27BN4O3. The van der Waals surface area contributed by atoms with Gasteiger partial charge in [-0.3, -0.25) is 4.79 Å². The second-order valence-electron chi connectivity index (χ2n) is 8.58. The van der Waals surface area contributed by atoms with Gasteiger partial charge in [-0.15, -0.1) is 0 Å². The number of anilines is 1. The van der Waals surface area contributed by atoms with Crippen LogP contribution in [0.1, 0.15) is 55.5 Å². The van der Waals surface area contributed by atoms with Crippen LogP contribution in [0.15, 0.2) is 24.5 Å². The lowest BCUT2D eigenvalue weighted by molar-refractivity contribution is 0.0905. The number of ketones is 1. The monoisotopic (exact) mass is 394 g/mol. The fourth-order valence-corrected chi connectivity index (χ4v) is 4.54. The first-order valence-electron chi connectivity index (χ1n) is 10.2. The van der Waals surface area contributed by atoms with Crippen LogP contribution in [0.2, 0.25) is 6.82 Å². The van der Waals surface area contributed by atoms with E-state index in [1.807, 2.05) is 32.0 Å². The summed E-state index contributed by atoms with van der Waals surface area (Å²) in [7, 11) is -0.492. The minimum Gasteiger partial charge on any atom is -0.490 e. The van der Waals surface area contributed by atoms with Gasteiger partial charge in [0.05, 0.1) is 17.2 Å². The lowest BCUT2D eigenvalue weighted by Gasteiger charge is -2.33. The number of nitrogens with two attached hydrogens (primary N) is 1. The molecule has 152 valence electrons. The molecule has 4 N–H and O–H groups in total. The van der Waals surface area contributed by atoms with Crippen molar-refractivity contribution in [2.75, 3.05) is 5.73 Å². The maximum Gasteiger partial charge on any atom is 0.373 e. The highest BCUT2D eigenvalue weighted by atomic mass is 16.5. The van der Waals surface area contributed by atoms with E-state index in [4.69, 9.17) is 10.5 Å². The quantitative estimate of drug-likeness (QED) is 0.684. The molecule has 0 radical (unpaired) electrons. The Hall–Kier alpha value is -2.45. The van der Waals surface area contributed by atoms with Crippen LogP contribution in [-0.2, 0) is 5.41 Å². The van der Waals surface area contributed by atoms with Crippen LogP contribution < -0.4 is 15.7 Å². The number of Topliss-reactive ketones (excluding diaryl/α,β-unsaturated/α-hetero) is 1. The summed E-state index contributed by atoms with van der Waals surface area (Å²) in [6.07, 6.45) is 5.28. The molecule has 0 unspecified atom stereocenters. The Morgan fingerprint density at radius 1 is 1.21 bits per heavy atom. The van der Waals surface area contributed by atoms with Crippen molar-refractivity contribution in [2.24, 2.45) is 0 Å². The van der Waals surface area contributed by atoms with Crippen LogP contribution in [0.3, 0.4) is 0 Å². The van der Waals surface area contributed by atoms with Crippen molar-refractivity contribution < 1.29 is 14.6 Å². The Bertz CT molecular complexity index is 940. The van der Waals surface area contributed by atoms with Crippen LogP contribution in [0, 0.1) is 0 Å². The lowest BCUT2D eigenvalue weighted by Crippen LogP contribution is -2.43. The van der Waals surface area contributed by atoms with E-state index in [0.717, 1.165) is 31.2 Å². The fourth-order valence-electron chi connectivity index (χ4n) is 4.54. The zero-order valence-electron chi connectivity index (χ0n) is 17.1. The number of aromatic nitrogens is 2. The molecule has 1 fully saturated rings. The Morgan fingerprint density at radius 3 is 2.62 bits per heavy atom. The van der Waals surface area contributed by atoms with Crippen LogP contribution in [-0.4, -0.2) is 40.0 Å². The van der Waals surface area contributed by atoms with Crippen molar-refractivity contribution in [1.82, 2.24) is 15.2 Å². The predicted octanol–water partition coefficient (Wildman–Crippen LogP) is 2.59. The Labute approximate surface area is 171 Å². The van der Waals surface area contributed by atoms with E-state index in [9.17, 15) is 9.82 Å². The van der Waals surface area contributed by atoms with Gasteiger partial charge >= 0.3 is 7.05 Å². The third-order valence-electron chi connectivity index (χ3n) is 6.01. The van der Waals surface area contributed by atoms with Crippen molar-refractivity contribution in [3.8, 4) is 17.0 Å². The third-order valence-corrected chi connectivity index (χ3v) is 6.01. The number of rotatable bonds is 4. The molecule has 8 heteroatoms. The summed E-state index contributed by atoms with van der Waals surface area (Å²) in [6.45, 7) is 5.46. The molecule has 2 aliphatic carbocycles. The third kappa shape index (κ3) is 3.62. The van der Waals surface area contributed by atoms with Crippen molar-refractivity contribution in [1.29, 1.82) is 0 Å². The van der Waals surface area contributed by atoms with Gasteiger partial charge in [0.25, 0.3) is 0 Å². The zero-order chi connectivity index (χ0) is 20.8. The largest absolute Gasteiger partial charge is 0.490 e. The zero-order valence-corrected chi connectivity index (χ0v) is 17.1. The van der Waals surface area contributed by atoms with Gasteiger partial charge in [-0.2, -0.15) is 0 Å². The van der Waals surface area contributed by atoms with Gasteiger partial charge in [-0.05, 0) is 70.6 Å². The first-order chi connectivity index (χ1) is 13.8. The molecule has 29 heavy (non-hydrogen) atoms. The SMILES string of the molecule is CB(O)N[C@H]1CC[C@H](Oc2ccc3c(c2)C(=O)C(C)(C)c2c(N)ncnc2-3)CC1. The molecule has 0 bridgehead atoms. The van der Waals surface area contributed by atoms with Crippen LogP contribution in [0.25, 0.3) is 11.3 Å². The van der Waals surface area contributed by atoms with Crippen molar-refractivity contribution >= 4 is 18.7 Å². The van der Waals surface area contributed by atoms with Gasteiger partial charge in [-0.1, -0.05) is 0 Å². The van der Waals surface area contributed by atoms with E-state index in [0.29, 0.717) is 34.4 Å². The summed E-state index contributed by atoms with van der Waals surface area (Å²) in [6, 6.07) is 5.94. The molecule has 2 aliphatic rings. The molecule has 0 aliphatic heterocycles. The summed E-state index contributed by atoms with van der Waals surface area (Å²) in [4.78, 5) is 21.7. The molecule has 4 rings (SSSR count). The van der Waals surface area contributed by atoms with Crippen molar-refractivity contribution in [3.63, 3.8) is 0 Å². The summed E-state index contributed by atoms with van der Waals surface area (Å²) >= 11 is 0. The average Bonchev–Trinajstić information content (AvgIpc) is 2.67. The predicted molar refractivity (Wildman–Crippen MR) is 113 cm³/mol. The number of ether oxygens (including phenoxy) is 1. The normalized spacial score (nSPS) is 22.6. The number of carbonyl (C=O) groups excluding carboxylic acids is 1. The Kier molecular flexibility index (Phi) is 5.08. The number of hydrogen-bond acceptors (Lipinski definition) is 7. The summed E-state index contributed by atoms with van der Waals surface area (Å²) < 4.78 is 6.20. The average molecular weight is 394 g/mol. The fraction of sp³-hybridized carbons (Fsp3) is 0.476. The highest BCUT2D eigenvalue weighted by molar-refractivity contribution is 6.45. The van der Waals surface area contributed by atoms with Crippen molar-refractivity contribution in [3.05, 3.63) is 35.7 Å². The van der Waals surface area contributed by atoms with E-state index < -0.39 is 12.5 Å². The number of fused-ring (bicyclic) bond motifs is 3. The van der Waals surface area contributed by atoms with Gasteiger partial charge < -0.3 is 20.7 Å². The molecule has 1 heterocycles. The van der Waals surface area contributed by atoms with Gasteiger partial charge in [0, 0.05) is 16.7 Å². The molecule has 1 saturated carbocycles. The molecule has 1 aromatic heterocycles. The first kappa shape index (κ1) is 19.9. The van der Waals surface area contributed by atoms with Gasteiger partial charge in [0.15, 0.2) is 5.78 Å². The maximum atomic E-state index is 13.2. The van der Waals surface area contributed by atoms with E-state index >= 15 is 0 Å². The van der Waals surface area contributed by atoms with Gasteiger partial charge in [0.2, 0.25) is 0 Å². The number of carbonyl (C=O) groups is 1. The second kappa shape index (κ2) is 7.42. The topological polar surface area (TPSA) is 110 Å². The smallest absolute Gasteiger partial charge is 0.373 e. The minimum absolute atomic E-state index is 0.00297. The first-order valence-corrected chi connectivity index (χ1v) is 10.2. The maximum absolute atomic E-state index is 13.2. The summed E-state index contributed by atoms with van der Waals surface area (Å²) in [5.74, 6) is 1.05. The second-order valence-corrected chi connectivity index (χ2v) is 8.58. The molecule has 1 aromatic carbocycles. The highest BCUT2D eigenvalue weighted by Gasteiger charge is 2.41. The highest BCUT2D eigenvalue weighted by Crippen LogP contribution is 2.44. The molecule has 0 saturated heterocycles. The van der Waals surface area contributed by atoms with E-state index in [2.05, 4.69) is 15.2 Å². The molecule has 0 amide bonds. The standard InChI is InChI=1S/C21H27BN4O3/c1-21(2)17-18(24-11-25-20(17)23)15-9-8-14(10-16(15)19(21)27)29-13-6-4-12(5-7-13)26-22(3)28/h8-13,26,28H,4-7H2,1-3H3,(H2,23,24,25)/t12-,13-. The van der Waals surface area contributed by atoms with Crippen LogP contribution in [0.4, 0.5) is 5.82 Å². The summed E-state index contributed by atoms with van der Waals surface area (Å²) in [5.41, 5.74) is 8.08. The number of nitrogen functional groups attached to an aromatic ring is 1. The van der Waals surface area contributed by atoms with E-state index in [-0.39, 0.29) is 11.9 Å². The Morgan fingerprint density at radius 2 is 1.93 bits per heavy atom. The Balaban J connectivity index is 1.57. The lowest BCUT2D eigenvalue weighted by atomic mass is 9.71. The minimum atomic E-state index is -0.795.